The Bertz CT molecular complexity index is 1160. The van der Waals surface area contributed by atoms with Gasteiger partial charge in [0.05, 0.1) is 23.5 Å². The molecule has 2 aromatic heterocycles. The first-order chi connectivity index (χ1) is 14.5. The van der Waals surface area contributed by atoms with Gasteiger partial charge in [-0.25, -0.2) is 9.36 Å². The lowest BCUT2D eigenvalue weighted by Gasteiger charge is -2.11. The van der Waals surface area contributed by atoms with Crippen molar-refractivity contribution < 1.29 is 4.79 Å². The van der Waals surface area contributed by atoms with Gasteiger partial charge >= 0.3 is 0 Å². The molecule has 0 fully saturated rings. The molecule has 0 aliphatic rings. The third-order valence-electron chi connectivity index (χ3n) is 5.07. The minimum atomic E-state index is -0.0490. The molecule has 7 heteroatoms. The fraction of sp³-hybridized carbons (Fsp3) is 0.174. The van der Waals surface area contributed by atoms with Gasteiger partial charge in [-0.2, -0.15) is 10.2 Å². The molecule has 0 saturated heterocycles. The molecule has 0 spiro atoms. The summed E-state index contributed by atoms with van der Waals surface area (Å²) in [5, 5.41) is 12.6. The number of para-hydroxylation sites is 1. The number of rotatable bonds is 6. The van der Waals surface area contributed by atoms with Crippen molar-refractivity contribution in [1.29, 1.82) is 0 Å². The predicted octanol–water partition coefficient (Wildman–Crippen LogP) is 4.19. The highest BCUT2D eigenvalue weighted by molar-refractivity contribution is 6.30. The van der Waals surface area contributed by atoms with Crippen molar-refractivity contribution in [3.8, 4) is 11.4 Å². The Labute approximate surface area is 180 Å². The van der Waals surface area contributed by atoms with Crippen LogP contribution in [-0.4, -0.2) is 25.5 Å². The van der Waals surface area contributed by atoms with Crippen molar-refractivity contribution in [2.45, 2.75) is 26.8 Å². The number of amides is 1. The maximum absolute atomic E-state index is 12.7. The Morgan fingerprint density at radius 2 is 1.83 bits per heavy atom. The van der Waals surface area contributed by atoms with Crippen LogP contribution in [0.3, 0.4) is 0 Å². The molecule has 0 aliphatic carbocycles. The number of hydrogen-bond acceptors (Lipinski definition) is 3. The van der Waals surface area contributed by atoms with Crippen LogP contribution in [0.1, 0.15) is 22.5 Å². The molecule has 0 saturated carbocycles. The van der Waals surface area contributed by atoms with Crippen LogP contribution in [0, 0.1) is 13.8 Å². The van der Waals surface area contributed by atoms with Crippen LogP contribution in [0.2, 0.25) is 5.02 Å². The number of hydrogen-bond donors (Lipinski definition) is 1. The molecule has 2 aromatic carbocycles. The number of nitrogens with zero attached hydrogens (tertiary/aromatic N) is 4. The summed E-state index contributed by atoms with van der Waals surface area (Å²) in [4.78, 5) is 12.7. The first-order valence-electron chi connectivity index (χ1n) is 9.68. The van der Waals surface area contributed by atoms with E-state index in [1.54, 1.807) is 10.9 Å². The number of benzene rings is 2. The molecule has 4 aromatic rings. The van der Waals surface area contributed by atoms with Gasteiger partial charge in [0.1, 0.15) is 0 Å². The number of nitrogens with one attached hydrogen (secondary N) is 1. The summed E-state index contributed by atoms with van der Waals surface area (Å²) < 4.78 is 3.65. The van der Waals surface area contributed by atoms with Gasteiger partial charge in [-0.15, -0.1) is 0 Å². The summed E-state index contributed by atoms with van der Waals surface area (Å²) in [7, 11) is 0. The lowest BCUT2D eigenvalue weighted by Crippen LogP contribution is -2.25. The molecule has 0 radical (unpaired) electrons. The van der Waals surface area contributed by atoms with Crippen molar-refractivity contribution in [2.75, 3.05) is 0 Å². The van der Waals surface area contributed by atoms with Crippen LogP contribution in [0.5, 0.6) is 0 Å². The van der Waals surface area contributed by atoms with Gasteiger partial charge in [0.15, 0.2) is 0 Å². The summed E-state index contributed by atoms with van der Waals surface area (Å²) >= 11 is 5.99. The Morgan fingerprint density at radius 3 is 2.57 bits per heavy atom. The van der Waals surface area contributed by atoms with Gasteiger partial charge in [0, 0.05) is 35.2 Å². The molecule has 0 unspecified atom stereocenters. The van der Waals surface area contributed by atoms with E-state index in [0.29, 0.717) is 11.6 Å². The Hall–Kier alpha value is -3.38. The number of halogens is 1. The average molecular weight is 420 g/mol. The Morgan fingerprint density at radius 1 is 1.07 bits per heavy atom. The smallest absolute Gasteiger partial charge is 0.224 e. The summed E-state index contributed by atoms with van der Waals surface area (Å²) in [5.41, 5.74) is 5.59. The van der Waals surface area contributed by atoms with Crippen LogP contribution in [0.25, 0.3) is 11.4 Å². The van der Waals surface area contributed by atoms with E-state index in [1.807, 2.05) is 79.3 Å². The van der Waals surface area contributed by atoms with Crippen LogP contribution in [0.4, 0.5) is 0 Å². The van der Waals surface area contributed by atoms with Gasteiger partial charge in [-0.3, -0.25) is 4.79 Å². The molecular formula is C23H22ClN5O. The summed E-state index contributed by atoms with van der Waals surface area (Å²) in [6.45, 7) is 4.33. The zero-order valence-corrected chi connectivity index (χ0v) is 17.6. The predicted molar refractivity (Wildman–Crippen MR) is 117 cm³/mol. The second kappa shape index (κ2) is 8.55. The van der Waals surface area contributed by atoms with Crippen LogP contribution < -0.4 is 5.32 Å². The van der Waals surface area contributed by atoms with E-state index >= 15 is 0 Å². The fourth-order valence-corrected chi connectivity index (χ4v) is 3.60. The van der Waals surface area contributed by atoms with Gasteiger partial charge in [-0.05, 0) is 55.8 Å². The summed E-state index contributed by atoms with van der Waals surface area (Å²) in [6, 6.07) is 17.3. The largest absolute Gasteiger partial charge is 0.352 e. The van der Waals surface area contributed by atoms with Gasteiger partial charge in [0.25, 0.3) is 0 Å². The minimum Gasteiger partial charge on any atom is -0.352 e. The second-order valence-electron chi connectivity index (χ2n) is 7.07. The first-order valence-corrected chi connectivity index (χ1v) is 10.1. The SMILES string of the molecule is Cc1nn(-c2ccc(Cl)cc2)c(C)c1CC(=O)NCc1ccccc1-n1cccn1. The second-order valence-corrected chi connectivity index (χ2v) is 7.51. The van der Waals surface area contributed by atoms with Crippen molar-refractivity contribution in [3.05, 3.63) is 94.5 Å². The van der Waals surface area contributed by atoms with Crippen LogP contribution in [0.15, 0.2) is 67.0 Å². The van der Waals surface area contributed by atoms with Crippen molar-refractivity contribution >= 4 is 17.5 Å². The van der Waals surface area contributed by atoms with Gasteiger partial charge in [-0.1, -0.05) is 29.8 Å². The van der Waals surface area contributed by atoms with E-state index in [0.717, 1.165) is 33.9 Å². The highest BCUT2D eigenvalue weighted by atomic mass is 35.5. The third-order valence-corrected chi connectivity index (χ3v) is 5.32. The van der Waals surface area contributed by atoms with E-state index in [2.05, 4.69) is 15.5 Å². The van der Waals surface area contributed by atoms with Crippen LogP contribution >= 0.6 is 11.6 Å². The number of carbonyl (C=O) groups excluding carboxylic acids is 1. The zero-order chi connectivity index (χ0) is 21.1. The molecule has 1 amide bonds. The number of aryl methyl sites for hydroxylation is 1. The lowest BCUT2D eigenvalue weighted by molar-refractivity contribution is -0.120. The molecule has 1 N–H and O–H groups in total. The number of aromatic nitrogens is 4. The maximum Gasteiger partial charge on any atom is 0.224 e. The molecule has 152 valence electrons. The lowest BCUT2D eigenvalue weighted by atomic mass is 10.1. The first kappa shape index (κ1) is 19.9. The zero-order valence-electron chi connectivity index (χ0n) is 16.8. The van der Waals surface area contributed by atoms with Crippen molar-refractivity contribution in [1.82, 2.24) is 24.9 Å². The van der Waals surface area contributed by atoms with Gasteiger partial charge < -0.3 is 5.32 Å². The summed E-state index contributed by atoms with van der Waals surface area (Å²) in [5.74, 6) is -0.0490. The molecule has 30 heavy (non-hydrogen) atoms. The summed E-state index contributed by atoms with van der Waals surface area (Å²) in [6.07, 6.45) is 3.90. The minimum absolute atomic E-state index is 0.0490. The van der Waals surface area contributed by atoms with E-state index in [9.17, 15) is 4.79 Å². The molecule has 4 rings (SSSR count). The highest BCUT2D eigenvalue weighted by Gasteiger charge is 2.16. The number of carbonyl (C=O) groups is 1. The topological polar surface area (TPSA) is 64.7 Å². The molecule has 2 heterocycles. The monoisotopic (exact) mass is 419 g/mol. The Balaban J connectivity index is 1.47. The fourth-order valence-electron chi connectivity index (χ4n) is 3.48. The van der Waals surface area contributed by atoms with Crippen molar-refractivity contribution in [3.63, 3.8) is 0 Å². The standard InChI is InChI=1S/C23H22ClN5O/c1-16-21(17(2)29(27-16)20-10-8-19(24)9-11-20)14-23(30)25-15-18-6-3-4-7-22(18)28-13-5-12-26-28/h3-13H,14-15H2,1-2H3,(H,25,30). The van der Waals surface area contributed by atoms with E-state index in [-0.39, 0.29) is 12.3 Å². The van der Waals surface area contributed by atoms with Crippen molar-refractivity contribution in [2.24, 2.45) is 0 Å². The highest BCUT2D eigenvalue weighted by Crippen LogP contribution is 2.20. The van der Waals surface area contributed by atoms with Gasteiger partial charge in [0.2, 0.25) is 5.91 Å². The third kappa shape index (κ3) is 4.14. The van der Waals surface area contributed by atoms with E-state index < -0.39 is 0 Å². The molecular weight excluding hydrogens is 398 g/mol. The van der Waals surface area contributed by atoms with E-state index in [4.69, 9.17) is 11.6 Å². The molecule has 0 aliphatic heterocycles. The Kier molecular flexibility index (Phi) is 5.68. The normalized spacial score (nSPS) is 10.9. The molecule has 0 bridgehead atoms. The molecule has 6 nitrogen and oxygen atoms in total. The average Bonchev–Trinajstić information content (AvgIpc) is 3.38. The molecule has 0 atom stereocenters. The van der Waals surface area contributed by atoms with E-state index in [1.165, 1.54) is 0 Å². The maximum atomic E-state index is 12.7. The van der Waals surface area contributed by atoms with Crippen LogP contribution in [-0.2, 0) is 17.8 Å². The quantitative estimate of drug-likeness (QED) is 0.509.